The first kappa shape index (κ1) is 9.73. The molecule has 0 aromatic carbocycles. The summed E-state index contributed by atoms with van der Waals surface area (Å²) in [7, 11) is -1.84. The molecule has 0 aromatic heterocycles. The summed E-state index contributed by atoms with van der Waals surface area (Å²) in [5, 5.41) is 15.1. The molecule has 0 aliphatic heterocycles. The fourth-order valence-electron chi connectivity index (χ4n) is 0. The van der Waals surface area contributed by atoms with Crippen LogP contribution in [-0.4, -0.2) is 17.4 Å². The first-order chi connectivity index (χ1) is 2.27. The van der Waals surface area contributed by atoms with Crippen LogP contribution in [0.1, 0.15) is 0 Å². The SMILES string of the molecule is NOB(O)O.[Zn]. The van der Waals surface area contributed by atoms with E-state index in [4.69, 9.17) is 10.0 Å². The Labute approximate surface area is 48.2 Å². The third kappa shape index (κ3) is 8.82. The molecule has 0 amide bonds. The molecular weight excluding hydrogens is 138 g/mol. The van der Waals surface area contributed by atoms with Gasteiger partial charge in [-0.15, -0.1) is 0 Å². The zero-order chi connectivity index (χ0) is 4.28. The van der Waals surface area contributed by atoms with Gasteiger partial charge in [0.15, 0.2) is 0 Å². The Bertz CT molecular complexity index is 24.8. The van der Waals surface area contributed by atoms with Gasteiger partial charge in [0.1, 0.15) is 0 Å². The van der Waals surface area contributed by atoms with Gasteiger partial charge < -0.3 is 14.8 Å². The van der Waals surface area contributed by atoms with Crippen molar-refractivity contribution in [1.29, 1.82) is 0 Å². The molecule has 0 heterocycles. The third-order valence-electron chi connectivity index (χ3n) is 0.122. The van der Waals surface area contributed by atoms with Gasteiger partial charge in [0.05, 0.1) is 0 Å². The first-order valence-corrected chi connectivity index (χ1v) is 0.988. The van der Waals surface area contributed by atoms with Crippen LogP contribution in [0.5, 0.6) is 0 Å². The Balaban J connectivity index is 0. The van der Waals surface area contributed by atoms with Crippen molar-refractivity contribution < 1.29 is 34.3 Å². The normalized spacial score (nSPS) is 6.50. The number of nitrogens with two attached hydrogens (primary N) is 1. The predicted molar refractivity (Wildman–Crippen MR) is 15.5 cm³/mol. The number of hydrogen-bond acceptors (Lipinski definition) is 4. The molecule has 4 N–H and O–H groups in total. The zero-order valence-corrected chi connectivity index (χ0v) is 6.13. The van der Waals surface area contributed by atoms with Crippen molar-refractivity contribution in [2.45, 2.75) is 0 Å². The molecule has 0 saturated carbocycles. The van der Waals surface area contributed by atoms with Gasteiger partial charge in [-0.1, -0.05) is 0 Å². The molecule has 0 saturated heterocycles. The molecule has 0 bridgehead atoms. The van der Waals surface area contributed by atoms with E-state index in [1.165, 1.54) is 0 Å². The Morgan fingerprint density at radius 1 is 1.50 bits per heavy atom. The van der Waals surface area contributed by atoms with E-state index in [0.29, 0.717) is 0 Å². The fraction of sp³-hybridized carbons (Fsp3) is 0. The molecule has 0 spiro atoms. The maximum absolute atomic E-state index is 7.57. The monoisotopic (exact) mass is 141 g/mol. The van der Waals surface area contributed by atoms with Crippen molar-refractivity contribution in [2.75, 3.05) is 0 Å². The second kappa shape index (κ2) is 5.53. The summed E-state index contributed by atoms with van der Waals surface area (Å²) in [4.78, 5) is 0. The van der Waals surface area contributed by atoms with E-state index >= 15 is 0 Å². The molecule has 0 rings (SSSR count). The van der Waals surface area contributed by atoms with Gasteiger partial charge in [0, 0.05) is 19.5 Å². The Kier molecular flexibility index (Phi) is 8.97. The minimum atomic E-state index is -1.84. The van der Waals surface area contributed by atoms with Gasteiger partial charge >= 0.3 is 7.32 Å². The van der Waals surface area contributed by atoms with Gasteiger partial charge in [-0.2, -0.15) is 0 Å². The van der Waals surface area contributed by atoms with E-state index in [1.54, 1.807) is 0 Å². The molecule has 0 fully saturated rings. The van der Waals surface area contributed by atoms with Gasteiger partial charge in [-0.05, 0) is 0 Å². The quantitative estimate of drug-likeness (QED) is 0.288. The smallest absolute Gasteiger partial charge is 0.401 e. The summed E-state index contributed by atoms with van der Waals surface area (Å²) in [6, 6.07) is 0. The Morgan fingerprint density at radius 2 is 1.67 bits per heavy atom. The minimum absolute atomic E-state index is 0. The van der Waals surface area contributed by atoms with Crippen LogP contribution >= 0.6 is 0 Å². The van der Waals surface area contributed by atoms with Crippen LogP contribution in [0.3, 0.4) is 0 Å². The van der Waals surface area contributed by atoms with Crippen LogP contribution in [0.15, 0.2) is 0 Å². The van der Waals surface area contributed by atoms with Gasteiger partial charge in [-0.25, -0.2) is 5.90 Å². The van der Waals surface area contributed by atoms with Crippen molar-refractivity contribution in [3.05, 3.63) is 0 Å². The van der Waals surface area contributed by atoms with E-state index in [1.807, 2.05) is 0 Å². The zero-order valence-electron chi connectivity index (χ0n) is 3.16. The molecule has 0 radical (unpaired) electrons. The minimum Gasteiger partial charge on any atom is -0.401 e. The van der Waals surface area contributed by atoms with Crippen LogP contribution in [-0.2, 0) is 24.2 Å². The topological polar surface area (TPSA) is 75.7 Å². The van der Waals surface area contributed by atoms with Crippen LogP contribution < -0.4 is 5.90 Å². The average molecular weight is 142 g/mol. The maximum atomic E-state index is 7.57. The van der Waals surface area contributed by atoms with Crippen molar-refractivity contribution in [3.63, 3.8) is 0 Å². The number of hydrogen-bond donors (Lipinski definition) is 3. The molecule has 0 aliphatic carbocycles. The second-order valence-electron chi connectivity index (χ2n) is 0.462. The van der Waals surface area contributed by atoms with E-state index in [-0.39, 0.29) is 19.5 Å². The van der Waals surface area contributed by atoms with Crippen molar-refractivity contribution >= 4 is 7.32 Å². The second-order valence-corrected chi connectivity index (χ2v) is 0.462. The third-order valence-corrected chi connectivity index (χ3v) is 0.122. The van der Waals surface area contributed by atoms with Crippen LogP contribution in [0.25, 0.3) is 0 Å². The van der Waals surface area contributed by atoms with Crippen molar-refractivity contribution in [2.24, 2.45) is 5.90 Å². The summed E-state index contributed by atoms with van der Waals surface area (Å²) >= 11 is 0. The van der Waals surface area contributed by atoms with Crippen molar-refractivity contribution in [3.8, 4) is 0 Å². The van der Waals surface area contributed by atoms with Crippen LogP contribution in [0.4, 0.5) is 0 Å². The van der Waals surface area contributed by atoms with Crippen LogP contribution in [0.2, 0.25) is 0 Å². The molecule has 0 unspecified atom stereocenters. The largest absolute Gasteiger partial charge is 0.651 e. The standard InChI is InChI=1S/BH4NO3.Zn/c2-5-1(3)4;/h3-4H,2H2;. The van der Waals surface area contributed by atoms with Gasteiger partial charge in [-0.3, -0.25) is 0 Å². The molecule has 0 aliphatic rings. The van der Waals surface area contributed by atoms with Crippen molar-refractivity contribution in [1.82, 2.24) is 0 Å². The summed E-state index contributed by atoms with van der Waals surface area (Å²) in [5.41, 5.74) is 0. The number of rotatable bonds is 1. The molecule has 0 aromatic rings. The van der Waals surface area contributed by atoms with Crippen LogP contribution in [0, 0.1) is 0 Å². The van der Waals surface area contributed by atoms with E-state index in [0.717, 1.165) is 0 Å². The Hall–Kier alpha value is 0.528. The summed E-state index contributed by atoms with van der Waals surface area (Å²) < 4.78 is 3.36. The molecular formula is H4BNO3Zn. The van der Waals surface area contributed by atoms with Gasteiger partial charge in [0.25, 0.3) is 0 Å². The summed E-state index contributed by atoms with van der Waals surface area (Å²) in [6.07, 6.45) is 0. The molecule has 4 nitrogen and oxygen atoms in total. The summed E-state index contributed by atoms with van der Waals surface area (Å²) in [6.45, 7) is 0. The van der Waals surface area contributed by atoms with Gasteiger partial charge in [0.2, 0.25) is 0 Å². The predicted octanol–water partition coefficient (Wildman–Crippen LogP) is -2.16. The summed E-state index contributed by atoms with van der Waals surface area (Å²) in [5.74, 6) is 4.17. The molecule has 0 atom stereocenters. The fourth-order valence-corrected chi connectivity index (χ4v) is 0. The van der Waals surface area contributed by atoms with E-state index in [2.05, 4.69) is 10.7 Å². The van der Waals surface area contributed by atoms with E-state index in [9.17, 15) is 0 Å². The Morgan fingerprint density at radius 3 is 1.67 bits per heavy atom. The molecule has 6 heavy (non-hydrogen) atoms. The van der Waals surface area contributed by atoms with E-state index < -0.39 is 7.32 Å². The average Bonchev–Trinajstić information content (AvgIpc) is 1.38. The molecule has 6 heteroatoms. The molecule has 32 valence electrons. The maximum Gasteiger partial charge on any atom is 0.651 e. The first-order valence-electron chi connectivity index (χ1n) is 0.988.